The van der Waals surface area contributed by atoms with E-state index in [2.05, 4.69) is 22.4 Å². The van der Waals surface area contributed by atoms with Crippen LogP contribution in [0.25, 0.3) is 0 Å². The van der Waals surface area contributed by atoms with Crippen LogP contribution < -0.4 is 0 Å². The Labute approximate surface area is 122 Å². The molecule has 104 valence electrons. The third kappa shape index (κ3) is 2.76. The van der Waals surface area contributed by atoms with E-state index in [1.54, 1.807) is 11.3 Å². The van der Waals surface area contributed by atoms with Crippen molar-refractivity contribution < 1.29 is 9.90 Å². The summed E-state index contributed by atoms with van der Waals surface area (Å²) in [6.07, 6.45) is 1.53. The SMILES string of the molecule is O=C(O)C1Cc2ccccc2CN1CCc1cccs1. The molecule has 20 heavy (non-hydrogen) atoms. The minimum Gasteiger partial charge on any atom is -0.480 e. The molecule has 1 aliphatic heterocycles. The zero-order valence-electron chi connectivity index (χ0n) is 11.2. The zero-order chi connectivity index (χ0) is 13.9. The van der Waals surface area contributed by atoms with Crippen molar-refractivity contribution in [2.24, 2.45) is 0 Å². The summed E-state index contributed by atoms with van der Waals surface area (Å²) in [6, 6.07) is 11.9. The number of nitrogens with zero attached hydrogens (tertiary/aromatic N) is 1. The van der Waals surface area contributed by atoms with E-state index in [-0.39, 0.29) is 0 Å². The molecule has 0 radical (unpaired) electrons. The van der Waals surface area contributed by atoms with E-state index >= 15 is 0 Å². The topological polar surface area (TPSA) is 40.5 Å². The Morgan fingerprint density at radius 3 is 2.75 bits per heavy atom. The fourth-order valence-electron chi connectivity index (χ4n) is 2.76. The Morgan fingerprint density at radius 2 is 2.05 bits per heavy atom. The quantitative estimate of drug-likeness (QED) is 0.940. The van der Waals surface area contributed by atoms with E-state index < -0.39 is 12.0 Å². The highest BCUT2D eigenvalue weighted by Gasteiger charge is 2.30. The fraction of sp³-hybridized carbons (Fsp3) is 0.312. The molecule has 1 unspecified atom stereocenters. The molecule has 3 rings (SSSR count). The van der Waals surface area contributed by atoms with Gasteiger partial charge in [-0.25, -0.2) is 0 Å². The molecule has 1 aliphatic rings. The standard InChI is InChI=1S/C16H17NO2S/c18-16(19)15-10-12-4-1-2-5-13(12)11-17(15)8-7-14-6-3-9-20-14/h1-6,9,15H,7-8,10-11H2,(H,18,19). The van der Waals surface area contributed by atoms with Crippen LogP contribution in [-0.2, 0) is 24.2 Å². The van der Waals surface area contributed by atoms with Crippen LogP contribution in [0.2, 0.25) is 0 Å². The number of carbonyl (C=O) groups is 1. The summed E-state index contributed by atoms with van der Waals surface area (Å²) >= 11 is 1.73. The summed E-state index contributed by atoms with van der Waals surface area (Å²) in [5.74, 6) is -0.717. The van der Waals surface area contributed by atoms with Crippen molar-refractivity contribution in [3.8, 4) is 0 Å². The fourth-order valence-corrected chi connectivity index (χ4v) is 3.46. The van der Waals surface area contributed by atoms with Crippen molar-refractivity contribution in [1.82, 2.24) is 4.90 Å². The lowest BCUT2D eigenvalue weighted by molar-refractivity contribution is -0.143. The largest absolute Gasteiger partial charge is 0.480 e. The molecule has 1 N–H and O–H groups in total. The maximum absolute atomic E-state index is 11.5. The molecule has 0 amide bonds. The van der Waals surface area contributed by atoms with Gasteiger partial charge in [-0.2, -0.15) is 0 Å². The van der Waals surface area contributed by atoms with E-state index in [0.29, 0.717) is 6.42 Å². The molecular weight excluding hydrogens is 270 g/mol. The van der Waals surface area contributed by atoms with E-state index in [4.69, 9.17) is 0 Å². The third-order valence-corrected chi connectivity index (χ3v) is 4.79. The molecule has 0 saturated carbocycles. The van der Waals surface area contributed by atoms with Gasteiger partial charge in [-0.3, -0.25) is 9.69 Å². The number of hydrogen-bond acceptors (Lipinski definition) is 3. The average molecular weight is 287 g/mol. The number of fused-ring (bicyclic) bond motifs is 1. The van der Waals surface area contributed by atoms with Gasteiger partial charge in [0, 0.05) is 18.0 Å². The lowest BCUT2D eigenvalue weighted by atomic mass is 9.94. The molecule has 1 aromatic carbocycles. The monoisotopic (exact) mass is 287 g/mol. The number of carboxylic acid groups (broad SMARTS) is 1. The second-order valence-corrected chi connectivity index (χ2v) is 6.16. The van der Waals surface area contributed by atoms with Crippen molar-refractivity contribution >= 4 is 17.3 Å². The van der Waals surface area contributed by atoms with Crippen LogP contribution in [0.5, 0.6) is 0 Å². The van der Waals surface area contributed by atoms with Crippen molar-refractivity contribution in [2.45, 2.75) is 25.4 Å². The molecule has 0 fully saturated rings. The molecule has 2 heterocycles. The van der Waals surface area contributed by atoms with Gasteiger partial charge in [-0.1, -0.05) is 30.3 Å². The maximum Gasteiger partial charge on any atom is 0.321 e. The molecule has 2 aromatic rings. The van der Waals surface area contributed by atoms with Crippen LogP contribution in [0.3, 0.4) is 0 Å². The summed E-state index contributed by atoms with van der Waals surface area (Å²) in [5.41, 5.74) is 2.43. The number of carboxylic acids is 1. The van der Waals surface area contributed by atoms with Crippen molar-refractivity contribution in [1.29, 1.82) is 0 Å². The van der Waals surface area contributed by atoms with Gasteiger partial charge >= 0.3 is 5.97 Å². The molecule has 0 saturated heterocycles. The predicted octanol–water partition coefficient (Wildman–Crippen LogP) is 2.80. The lowest BCUT2D eigenvalue weighted by Crippen LogP contribution is -2.46. The number of hydrogen-bond donors (Lipinski definition) is 1. The molecule has 1 aromatic heterocycles. The highest BCUT2D eigenvalue weighted by molar-refractivity contribution is 7.09. The Kier molecular flexibility index (Phi) is 3.85. The van der Waals surface area contributed by atoms with Gasteiger partial charge in [0.2, 0.25) is 0 Å². The van der Waals surface area contributed by atoms with Gasteiger partial charge in [0.05, 0.1) is 0 Å². The van der Waals surface area contributed by atoms with E-state index in [1.807, 2.05) is 24.3 Å². The van der Waals surface area contributed by atoms with E-state index in [0.717, 1.165) is 19.5 Å². The third-order valence-electron chi connectivity index (χ3n) is 3.86. The Hall–Kier alpha value is -1.65. The molecule has 0 aliphatic carbocycles. The number of aliphatic carboxylic acids is 1. The second-order valence-electron chi connectivity index (χ2n) is 5.13. The Morgan fingerprint density at radius 1 is 1.25 bits per heavy atom. The van der Waals surface area contributed by atoms with Crippen molar-refractivity contribution in [3.05, 3.63) is 57.8 Å². The summed E-state index contributed by atoms with van der Waals surface area (Å²) in [5, 5.41) is 11.5. The first-order chi connectivity index (χ1) is 9.74. The minimum absolute atomic E-state index is 0.398. The summed E-state index contributed by atoms with van der Waals surface area (Å²) < 4.78 is 0. The first-order valence-corrected chi connectivity index (χ1v) is 7.68. The lowest BCUT2D eigenvalue weighted by Gasteiger charge is -2.34. The Balaban J connectivity index is 1.76. The number of benzene rings is 1. The normalized spacial score (nSPS) is 18.7. The highest BCUT2D eigenvalue weighted by atomic mass is 32.1. The number of thiophene rings is 1. The zero-order valence-corrected chi connectivity index (χ0v) is 12.0. The van der Waals surface area contributed by atoms with E-state index in [9.17, 15) is 9.90 Å². The van der Waals surface area contributed by atoms with Crippen LogP contribution in [0, 0.1) is 0 Å². The van der Waals surface area contributed by atoms with Crippen LogP contribution in [0.15, 0.2) is 41.8 Å². The summed E-state index contributed by atoms with van der Waals surface area (Å²) in [7, 11) is 0. The predicted molar refractivity (Wildman–Crippen MR) is 80.0 cm³/mol. The first kappa shape index (κ1) is 13.3. The van der Waals surface area contributed by atoms with Gasteiger partial charge in [-0.15, -0.1) is 11.3 Å². The highest BCUT2D eigenvalue weighted by Crippen LogP contribution is 2.24. The van der Waals surface area contributed by atoms with Gasteiger partial charge in [-0.05, 0) is 35.4 Å². The van der Waals surface area contributed by atoms with Gasteiger partial charge in [0.15, 0.2) is 0 Å². The molecular formula is C16H17NO2S. The van der Waals surface area contributed by atoms with E-state index in [1.165, 1.54) is 16.0 Å². The van der Waals surface area contributed by atoms with Crippen LogP contribution in [-0.4, -0.2) is 28.6 Å². The van der Waals surface area contributed by atoms with Crippen LogP contribution in [0.1, 0.15) is 16.0 Å². The minimum atomic E-state index is -0.717. The number of rotatable bonds is 4. The average Bonchev–Trinajstić information content (AvgIpc) is 2.97. The maximum atomic E-state index is 11.5. The first-order valence-electron chi connectivity index (χ1n) is 6.80. The summed E-state index contributed by atoms with van der Waals surface area (Å²) in [4.78, 5) is 14.9. The van der Waals surface area contributed by atoms with Gasteiger partial charge in [0.25, 0.3) is 0 Å². The van der Waals surface area contributed by atoms with Crippen molar-refractivity contribution in [3.63, 3.8) is 0 Å². The molecule has 0 bridgehead atoms. The van der Waals surface area contributed by atoms with Crippen molar-refractivity contribution in [2.75, 3.05) is 6.54 Å². The molecule has 3 nitrogen and oxygen atoms in total. The van der Waals surface area contributed by atoms with Gasteiger partial charge < -0.3 is 5.11 Å². The van der Waals surface area contributed by atoms with Crippen LogP contribution >= 0.6 is 11.3 Å². The Bertz CT molecular complexity index is 594. The van der Waals surface area contributed by atoms with Crippen LogP contribution in [0.4, 0.5) is 0 Å². The molecule has 0 spiro atoms. The van der Waals surface area contributed by atoms with Gasteiger partial charge in [0.1, 0.15) is 6.04 Å². The smallest absolute Gasteiger partial charge is 0.321 e. The molecule has 4 heteroatoms. The summed E-state index contributed by atoms with van der Waals surface area (Å²) in [6.45, 7) is 1.53. The second kappa shape index (κ2) is 5.77. The molecule has 1 atom stereocenters.